The number of benzene rings is 2. The number of carbonyl (C=O) groups excluding carboxylic acids is 1. The molecular weight excluding hydrogens is 352 g/mol. The third-order valence-corrected chi connectivity index (χ3v) is 6.03. The zero-order valence-corrected chi connectivity index (χ0v) is 17.1. The largest absolute Gasteiger partial charge is 0.351 e. The number of hydrogen-bond donors (Lipinski definition) is 1. The summed E-state index contributed by atoms with van der Waals surface area (Å²) in [4.78, 5) is 14.8. The Kier molecular flexibility index (Phi) is 7.79. The van der Waals surface area contributed by atoms with Crippen molar-refractivity contribution >= 4 is 17.7 Å². The zero-order valence-electron chi connectivity index (χ0n) is 16.2. The van der Waals surface area contributed by atoms with Gasteiger partial charge >= 0.3 is 0 Å². The van der Waals surface area contributed by atoms with Crippen LogP contribution in [0.25, 0.3) is 0 Å². The molecule has 3 nitrogen and oxygen atoms in total. The second kappa shape index (κ2) is 10.5. The van der Waals surface area contributed by atoms with E-state index in [4.69, 9.17) is 0 Å². The average Bonchev–Trinajstić information content (AvgIpc) is 2.68. The number of nitrogens with one attached hydrogen (secondary N) is 1. The number of thioether (sulfide) groups is 1. The van der Waals surface area contributed by atoms with E-state index >= 15 is 0 Å². The van der Waals surface area contributed by atoms with Crippen LogP contribution >= 0.6 is 11.8 Å². The number of rotatable bonds is 8. The summed E-state index contributed by atoms with van der Waals surface area (Å²) in [6, 6.07) is 17.0. The number of likely N-dealkylation sites (tertiary alicyclic amines) is 1. The molecule has 1 heterocycles. The molecule has 1 fully saturated rings. The number of amides is 1. The lowest BCUT2D eigenvalue weighted by Gasteiger charge is -2.27. The molecular formula is C23H30N2OS. The van der Waals surface area contributed by atoms with Crippen molar-refractivity contribution in [2.24, 2.45) is 0 Å². The number of hydrogen-bond acceptors (Lipinski definition) is 3. The Hall–Kier alpha value is -1.78. The Balaban J connectivity index is 1.44. The van der Waals surface area contributed by atoms with E-state index in [1.807, 2.05) is 0 Å². The van der Waals surface area contributed by atoms with E-state index in [-0.39, 0.29) is 5.91 Å². The molecule has 144 valence electrons. The summed E-state index contributed by atoms with van der Waals surface area (Å²) in [5, 5.41) is 3.10. The molecule has 2 aromatic rings. The third-order valence-electron chi connectivity index (χ3n) is 5.02. The summed E-state index contributed by atoms with van der Waals surface area (Å²) in [7, 11) is 0. The second-order valence-electron chi connectivity index (χ2n) is 7.36. The smallest absolute Gasteiger partial charge is 0.230 e. The Labute approximate surface area is 167 Å². The van der Waals surface area contributed by atoms with Gasteiger partial charge in [-0.05, 0) is 49.5 Å². The summed E-state index contributed by atoms with van der Waals surface area (Å²) in [5.74, 6) is 1.49. The first kappa shape index (κ1) is 20.0. The van der Waals surface area contributed by atoms with Crippen LogP contribution in [-0.2, 0) is 23.6 Å². The Morgan fingerprint density at radius 2 is 1.81 bits per heavy atom. The van der Waals surface area contributed by atoms with Gasteiger partial charge in [0.15, 0.2) is 0 Å². The Bertz CT molecular complexity index is 741. The van der Waals surface area contributed by atoms with Crippen LogP contribution in [0.15, 0.2) is 48.5 Å². The predicted molar refractivity (Wildman–Crippen MR) is 115 cm³/mol. The van der Waals surface area contributed by atoms with E-state index in [0.717, 1.165) is 12.3 Å². The summed E-state index contributed by atoms with van der Waals surface area (Å²) in [6.07, 6.45) is 3.96. The molecule has 0 atom stereocenters. The summed E-state index contributed by atoms with van der Waals surface area (Å²) in [5.41, 5.74) is 5.12. The lowest BCUT2D eigenvalue weighted by Crippen LogP contribution is -2.30. The summed E-state index contributed by atoms with van der Waals surface area (Å²) in [6.45, 7) is 6.09. The molecule has 27 heavy (non-hydrogen) atoms. The van der Waals surface area contributed by atoms with Crippen molar-refractivity contribution in [1.29, 1.82) is 0 Å². The lowest BCUT2D eigenvalue weighted by molar-refractivity contribution is -0.118. The van der Waals surface area contributed by atoms with Gasteiger partial charge in [0, 0.05) is 18.8 Å². The molecule has 3 rings (SSSR count). The quantitative estimate of drug-likeness (QED) is 0.728. The highest BCUT2D eigenvalue weighted by atomic mass is 32.2. The maximum Gasteiger partial charge on any atom is 0.230 e. The minimum atomic E-state index is 0.112. The molecule has 0 unspecified atom stereocenters. The first-order valence-corrected chi connectivity index (χ1v) is 11.1. The molecule has 1 saturated heterocycles. The topological polar surface area (TPSA) is 32.3 Å². The van der Waals surface area contributed by atoms with Gasteiger partial charge in [0.25, 0.3) is 0 Å². The molecule has 4 heteroatoms. The fraction of sp³-hybridized carbons (Fsp3) is 0.435. The van der Waals surface area contributed by atoms with Crippen LogP contribution in [0.4, 0.5) is 0 Å². The van der Waals surface area contributed by atoms with Crippen LogP contribution in [0.1, 0.15) is 41.5 Å². The normalized spacial score (nSPS) is 14.9. The van der Waals surface area contributed by atoms with E-state index in [1.54, 1.807) is 11.8 Å². The van der Waals surface area contributed by atoms with Gasteiger partial charge in [-0.25, -0.2) is 0 Å². The minimum absolute atomic E-state index is 0.112. The van der Waals surface area contributed by atoms with Crippen molar-refractivity contribution in [3.63, 3.8) is 0 Å². The number of nitrogens with zero attached hydrogens (tertiary/aromatic N) is 1. The van der Waals surface area contributed by atoms with E-state index in [0.29, 0.717) is 12.3 Å². The van der Waals surface area contributed by atoms with Gasteiger partial charge in [-0.15, -0.1) is 11.8 Å². The van der Waals surface area contributed by atoms with Gasteiger partial charge in [-0.2, -0.15) is 0 Å². The van der Waals surface area contributed by atoms with Crippen LogP contribution in [-0.4, -0.2) is 29.6 Å². The van der Waals surface area contributed by atoms with Gasteiger partial charge in [-0.3, -0.25) is 9.69 Å². The molecule has 0 aliphatic carbocycles. The molecule has 0 bridgehead atoms. The fourth-order valence-electron chi connectivity index (χ4n) is 3.55. The third kappa shape index (κ3) is 6.71. The van der Waals surface area contributed by atoms with Gasteiger partial charge in [-0.1, -0.05) is 60.5 Å². The van der Waals surface area contributed by atoms with Crippen molar-refractivity contribution in [3.05, 3.63) is 70.8 Å². The molecule has 1 aliphatic heterocycles. The second-order valence-corrected chi connectivity index (χ2v) is 8.35. The molecule has 1 amide bonds. The van der Waals surface area contributed by atoms with Crippen LogP contribution in [0.3, 0.4) is 0 Å². The highest BCUT2D eigenvalue weighted by Gasteiger charge is 2.12. The van der Waals surface area contributed by atoms with Gasteiger partial charge in [0.2, 0.25) is 5.91 Å². The first-order chi connectivity index (χ1) is 13.2. The fourth-order valence-corrected chi connectivity index (χ4v) is 4.36. The molecule has 0 saturated carbocycles. The van der Waals surface area contributed by atoms with E-state index in [2.05, 4.69) is 65.7 Å². The van der Waals surface area contributed by atoms with Crippen LogP contribution < -0.4 is 5.32 Å². The Morgan fingerprint density at radius 3 is 2.59 bits per heavy atom. The highest BCUT2D eigenvalue weighted by molar-refractivity contribution is 7.99. The van der Waals surface area contributed by atoms with Gasteiger partial charge < -0.3 is 5.32 Å². The van der Waals surface area contributed by atoms with Crippen LogP contribution in [0.5, 0.6) is 0 Å². The monoisotopic (exact) mass is 382 g/mol. The zero-order chi connectivity index (χ0) is 18.9. The van der Waals surface area contributed by atoms with Crippen molar-refractivity contribution in [3.8, 4) is 0 Å². The standard InChI is InChI=1S/C23H30N2OS/c1-19-8-7-9-20(14-19)17-27-18-23(26)24-15-21-10-3-4-11-22(21)16-25-12-5-2-6-13-25/h3-4,7-11,14H,2,5-6,12-13,15-18H2,1H3,(H,24,26). The van der Waals surface area contributed by atoms with Crippen molar-refractivity contribution in [1.82, 2.24) is 10.2 Å². The molecule has 0 radical (unpaired) electrons. The van der Waals surface area contributed by atoms with Crippen molar-refractivity contribution < 1.29 is 4.79 Å². The Morgan fingerprint density at radius 1 is 1.04 bits per heavy atom. The highest BCUT2D eigenvalue weighted by Crippen LogP contribution is 2.17. The van der Waals surface area contributed by atoms with E-state index < -0.39 is 0 Å². The molecule has 2 aromatic carbocycles. The maximum absolute atomic E-state index is 12.2. The molecule has 1 N–H and O–H groups in total. The van der Waals surface area contributed by atoms with Crippen molar-refractivity contribution in [2.75, 3.05) is 18.8 Å². The predicted octanol–water partition coefficient (Wildman–Crippen LogP) is 4.53. The SMILES string of the molecule is Cc1cccc(CSCC(=O)NCc2ccccc2CN2CCCCC2)c1. The number of carbonyl (C=O) groups is 1. The number of piperidine rings is 1. The van der Waals surface area contributed by atoms with Crippen LogP contribution in [0.2, 0.25) is 0 Å². The number of aryl methyl sites for hydroxylation is 1. The van der Waals surface area contributed by atoms with Gasteiger partial charge in [0.1, 0.15) is 0 Å². The van der Waals surface area contributed by atoms with E-state index in [9.17, 15) is 4.79 Å². The summed E-state index contributed by atoms with van der Waals surface area (Å²) >= 11 is 1.67. The molecule has 1 aliphatic rings. The lowest BCUT2D eigenvalue weighted by atomic mass is 10.0. The molecule has 0 aromatic heterocycles. The van der Waals surface area contributed by atoms with Crippen molar-refractivity contribution in [2.45, 2.75) is 45.0 Å². The van der Waals surface area contributed by atoms with Gasteiger partial charge in [0.05, 0.1) is 5.75 Å². The van der Waals surface area contributed by atoms with Crippen LogP contribution in [0, 0.1) is 6.92 Å². The first-order valence-electron chi connectivity index (χ1n) is 9.90. The minimum Gasteiger partial charge on any atom is -0.351 e. The average molecular weight is 383 g/mol. The summed E-state index contributed by atoms with van der Waals surface area (Å²) < 4.78 is 0. The maximum atomic E-state index is 12.2. The van der Waals surface area contributed by atoms with E-state index in [1.165, 1.54) is 54.6 Å². The molecule has 0 spiro atoms.